The molecule has 1 aromatic heterocycles. The van der Waals surface area contributed by atoms with E-state index in [0.717, 1.165) is 25.0 Å². The van der Waals surface area contributed by atoms with Crippen LogP contribution in [0, 0.1) is 6.92 Å². The maximum atomic E-state index is 13.2. The first-order valence-corrected chi connectivity index (χ1v) is 11.1. The number of benzene rings is 1. The van der Waals surface area contributed by atoms with Gasteiger partial charge in [0, 0.05) is 23.5 Å². The van der Waals surface area contributed by atoms with Crippen molar-refractivity contribution < 1.29 is 17.9 Å². The number of hydrogen-bond donors (Lipinski definition) is 1. The van der Waals surface area contributed by atoms with Gasteiger partial charge < -0.3 is 4.74 Å². The first-order valence-electron chi connectivity index (χ1n) is 8.76. The fourth-order valence-electron chi connectivity index (χ4n) is 3.16. The molecule has 0 saturated carbocycles. The predicted octanol–water partition coefficient (Wildman–Crippen LogP) is 3.28. The summed E-state index contributed by atoms with van der Waals surface area (Å²) in [7, 11) is -2.34. The minimum atomic E-state index is -3.76. The molecule has 7 nitrogen and oxygen atoms in total. The Balaban J connectivity index is 1.94. The van der Waals surface area contributed by atoms with Crippen molar-refractivity contribution in [3.8, 4) is 5.75 Å². The molecule has 0 unspecified atom stereocenters. The number of piperidine rings is 1. The molecule has 0 bridgehead atoms. The summed E-state index contributed by atoms with van der Waals surface area (Å²) in [5.41, 5.74) is 1.05. The molecular formula is C18H23N3O4S2. The van der Waals surface area contributed by atoms with Gasteiger partial charge in [-0.1, -0.05) is 6.42 Å². The van der Waals surface area contributed by atoms with Gasteiger partial charge in [-0.3, -0.25) is 10.1 Å². The first kappa shape index (κ1) is 19.8. The van der Waals surface area contributed by atoms with Crippen molar-refractivity contribution in [2.24, 2.45) is 0 Å². The van der Waals surface area contributed by atoms with Crippen LogP contribution in [0.4, 0.5) is 5.13 Å². The van der Waals surface area contributed by atoms with Crippen LogP contribution in [-0.4, -0.2) is 43.3 Å². The van der Waals surface area contributed by atoms with Crippen LogP contribution in [0.2, 0.25) is 0 Å². The van der Waals surface area contributed by atoms with Gasteiger partial charge in [0.2, 0.25) is 10.0 Å². The lowest BCUT2D eigenvalue weighted by Crippen LogP contribution is -2.42. The first-order chi connectivity index (χ1) is 12.8. The highest BCUT2D eigenvalue weighted by Crippen LogP contribution is 2.32. The van der Waals surface area contributed by atoms with Crippen LogP contribution in [0.15, 0.2) is 28.5 Å². The molecule has 146 valence electrons. The second-order valence-electron chi connectivity index (χ2n) is 6.57. The molecule has 1 aromatic carbocycles. The Labute approximate surface area is 163 Å². The number of sulfonamides is 1. The number of thiazole rings is 1. The number of rotatable bonds is 5. The molecule has 1 fully saturated rings. The number of ether oxygens (including phenoxy) is 1. The minimum absolute atomic E-state index is 0.0155. The monoisotopic (exact) mass is 409 g/mol. The van der Waals surface area contributed by atoms with E-state index in [1.165, 1.54) is 34.9 Å². The fourth-order valence-corrected chi connectivity index (χ4v) is 5.72. The second-order valence-corrected chi connectivity index (χ2v) is 9.29. The van der Waals surface area contributed by atoms with E-state index in [0.29, 0.717) is 11.7 Å². The number of aryl methyl sites for hydroxylation is 1. The van der Waals surface area contributed by atoms with Gasteiger partial charge in [-0.15, -0.1) is 11.3 Å². The number of hydrogen-bond acceptors (Lipinski definition) is 6. The van der Waals surface area contributed by atoms with Gasteiger partial charge in [0.15, 0.2) is 5.13 Å². The van der Waals surface area contributed by atoms with Crippen molar-refractivity contribution in [2.75, 3.05) is 19.0 Å². The molecule has 1 aliphatic heterocycles. The molecule has 0 aliphatic carbocycles. The van der Waals surface area contributed by atoms with E-state index in [9.17, 15) is 13.2 Å². The molecule has 3 rings (SSSR count). The maximum Gasteiger partial charge on any atom is 0.257 e. The number of nitrogens with zero attached hydrogens (tertiary/aromatic N) is 2. The largest absolute Gasteiger partial charge is 0.495 e. The summed E-state index contributed by atoms with van der Waals surface area (Å²) >= 11 is 1.32. The number of nitrogens with one attached hydrogen (secondary N) is 1. The lowest BCUT2D eigenvalue weighted by molar-refractivity contribution is 0.102. The summed E-state index contributed by atoms with van der Waals surface area (Å²) in [5, 5.41) is 5.01. The SMILES string of the molecule is COc1ccc(C(=O)Nc2nc(C)cs2)cc1S(=O)(=O)N1CCCC[C@H]1C. The van der Waals surface area contributed by atoms with Gasteiger partial charge in [0.05, 0.1) is 12.8 Å². The Bertz CT molecular complexity index is 940. The van der Waals surface area contributed by atoms with E-state index < -0.39 is 15.9 Å². The molecule has 1 aliphatic rings. The van der Waals surface area contributed by atoms with E-state index in [1.807, 2.05) is 19.2 Å². The summed E-state index contributed by atoms with van der Waals surface area (Å²) in [6, 6.07) is 4.37. The quantitative estimate of drug-likeness (QED) is 0.819. The van der Waals surface area contributed by atoms with Crippen LogP contribution in [0.3, 0.4) is 0 Å². The molecule has 1 amide bonds. The molecule has 0 radical (unpaired) electrons. The van der Waals surface area contributed by atoms with Crippen molar-refractivity contribution in [3.63, 3.8) is 0 Å². The fraction of sp³-hybridized carbons (Fsp3) is 0.444. The van der Waals surface area contributed by atoms with Gasteiger partial charge in [-0.25, -0.2) is 13.4 Å². The molecular weight excluding hydrogens is 386 g/mol. The molecule has 9 heteroatoms. The third-order valence-corrected chi connectivity index (χ3v) is 7.50. The summed E-state index contributed by atoms with van der Waals surface area (Å²) in [6.07, 6.45) is 2.67. The normalized spacial score (nSPS) is 18.3. The summed E-state index contributed by atoms with van der Waals surface area (Å²) in [5.74, 6) is -0.176. The average molecular weight is 410 g/mol. The van der Waals surface area contributed by atoms with Crippen LogP contribution >= 0.6 is 11.3 Å². The molecule has 1 N–H and O–H groups in total. The minimum Gasteiger partial charge on any atom is -0.495 e. The Morgan fingerprint density at radius 3 is 2.78 bits per heavy atom. The second kappa shape index (κ2) is 7.95. The Morgan fingerprint density at radius 2 is 2.15 bits per heavy atom. The van der Waals surface area contributed by atoms with Crippen LogP contribution in [0.1, 0.15) is 42.2 Å². The lowest BCUT2D eigenvalue weighted by atomic mass is 10.1. The van der Waals surface area contributed by atoms with Crippen molar-refractivity contribution >= 4 is 32.4 Å². The van der Waals surface area contributed by atoms with Crippen LogP contribution < -0.4 is 10.1 Å². The van der Waals surface area contributed by atoms with E-state index >= 15 is 0 Å². The number of carbonyl (C=O) groups excluding carboxylic acids is 1. The van der Waals surface area contributed by atoms with E-state index in [-0.39, 0.29) is 22.3 Å². The van der Waals surface area contributed by atoms with E-state index in [1.54, 1.807) is 6.07 Å². The Hall–Kier alpha value is -1.97. The van der Waals surface area contributed by atoms with Crippen LogP contribution in [-0.2, 0) is 10.0 Å². The standard InChI is InChI=1S/C18H23N3O4S2/c1-12-11-26-18(19-12)20-17(22)14-7-8-15(25-3)16(10-14)27(23,24)21-9-5-4-6-13(21)2/h7-8,10-11,13H,4-6,9H2,1-3H3,(H,19,20,22)/t13-/m1/s1. The highest BCUT2D eigenvalue weighted by atomic mass is 32.2. The third-order valence-electron chi connectivity index (χ3n) is 4.59. The van der Waals surface area contributed by atoms with Crippen LogP contribution in [0.25, 0.3) is 0 Å². The van der Waals surface area contributed by atoms with Gasteiger partial charge in [-0.05, 0) is 44.9 Å². The van der Waals surface area contributed by atoms with Crippen molar-refractivity contribution in [3.05, 3.63) is 34.8 Å². The number of methoxy groups -OCH3 is 1. The van der Waals surface area contributed by atoms with Crippen LogP contribution in [0.5, 0.6) is 5.75 Å². The number of amides is 1. The van der Waals surface area contributed by atoms with Gasteiger partial charge in [-0.2, -0.15) is 4.31 Å². The Morgan fingerprint density at radius 1 is 1.37 bits per heavy atom. The molecule has 27 heavy (non-hydrogen) atoms. The predicted molar refractivity (Wildman–Crippen MR) is 105 cm³/mol. The highest BCUT2D eigenvalue weighted by molar-refractivity contribution is 7.89. The third kappa shape index (κ3) is 4.15. The zero-order valence-corrected chi connectivity index (χ0v) is 17.2. The van der Waals surface area contributed by atoms with Crippen molar-refractivity contribution in [1.82, 2.24) is 9.29 Å². The lowest BCUT2D eigenvalue weighted by Gasteiger charge is -2.32. The van der Waals surface area contributed by atoms with Gasteiger partial charge >= 0.3 is 0 Å². The molecule has 1 saturated heterocycles. The maximum absolute atomic E-state index is 13.2. The summed E-state index contributed by atoms with van der Waals surface area (Å²) in [4.78, 5) is 16.8. The highest BCUT2D eigenvalue weighted by Gasteiger charge is 2.33. The molecule has 0 spiro atoms. The van der Waals surface area contributed by atoms with Crippen molar-refractivity contribution in [1.29, 1.82) is 0 Å². The molecule has 2 aromatic rings. The summed E-state index contributed by atoms with van der Waals surface area (Å²) < 4.78 is 33.2. The molecule has 2 heterocycles. The number of aromatic nitrogens is 1. The summed E-state index contributed by atoms with van der Waals surface area (Å²) in [6.45, 7) is 4.22. The smallest absolute Gasteiger partial charge is 0.257 e. The zero-order valence-electron chi connectivity index (χ0n) is 15.6. The number of anilines is 1. The van der Waals surface area contributed by atoms with Gasteiger partial charge in [0.25, 0.3) is 5.91 Å². The molecule has 1 atom stereocenters. The van der Waals surface area contributed by atoms with Crippen molar-refractivity contribution in [2.45, 2.75) is 44.0 Å². The number of carbonyl (C=O) groups is 1. The average Bonchev–Trinajstić information content (AvgIpc) is 3.06. The van der Waals surface area contributed by atoms with E-state index in [2.05, 4.69) is 10.3 Å². The Kier molecular flexibility index (Phi) is 5.83. The topological polar surface area (TPSA) is 88.6 Å². The zero-order chi connectivity index (χ0) is 19.6. The van der Waals surface area contributed by atoms with E-state index in [4.69, 9.17) is 4.74 Å². The van der Waals surface area contributed by atoms with Gasteiger partial charge in [0.1, 0.15) is 10.6 Å².